The van der Waals surface area contributed by atoms with Crippen molar-refractivity contribution in [1.29, 1.82) is 0 Å². The molecular formula is C39H30N2. The molecule has 41 heavy (non-hydrogen) atoms. The summed E-state index contributed by atoms with van der Waals surface area (Å²) in [5.41, 5.74) is 16.5. The fourth-order valence-corrected chi connectivity index (χ4v) is 5.99. The van der Waals surface area contributed by atoms with Gasteiger partial charge in [-0.25, -0.2) is 0 Å². The lowest BCUT2D eigenvalue weighted by molar-refractivity contribution is 1.21. The first kappa shape index (κ1) is 24.7. The van der Waals surface area contributed by atoms with E-state index in [2.05, 4.69) is 145 Å². The number of hydrogen-bond donors (Lipinski definition) is 1. The molecule has 2 nitrogen and oxygen atoms in total. The van der Waals surface area contributed by atoms with Crippen LogP contribution in [0, 0.1) is 0 Å². The highest BCUT2D eigenvalue weighted by molar-refractivity contribution is 6.21. The van der Waals surface area contributed by atoms with Gasteiger partial charge in [-0.2, -0.15) is 0 Å². The number of benzene rings is 7. The molecule has 0 aliphatic heterocycles. The first-order valence-corrected chi connectivity index (χ1v) is 14.0. The number of anilines is 3. The van der Waals surface area contributed by atoms with Gasteiger partial charge in [-0.05, 0) is 79.2 Å². The molecule has 7 aromatic rings. The third kappa shape index (κ3) is 4.40. The Balaban J connectivity index is 1.38. The van der Waals surface area contributed by atoms with Gasteiger partial charge in [0.05, 0.1) is 11.4 Å². The molecule has 196 valence electrons. The molecule has 0 radical (unpaired) electrons. The fraction of sp³-hybridized carbons (Fsp3) is 0.0256. The molecule has 0 atom stereocenters. The molecule has 0 unspecified atom stereocenters. The summed E-state index contributed by atoms with van der Waals surface area (Å²) >= 11 is 0. The summed E-state index contributed by atoms with van der Waals surface area (Å²) < 4.78 is 0. The highest BCUT2D eigenvalue weighted by atomic mass is 15.1. The van der Waals surface area contributed by atoms with Crippen LogP contribution in [-0.2, 0) is 0 Å². The van der Waals surface area contributed by atoms with Crippen molar-refractivity contribution in [3.05, 3.63) is 152 Å². The van der Waals surface area contributed by atoms with Crippen LogP contribution in [0.2, 0.25) is 0 Å². The summed E-state index contributed by atoms with van der Waals surface area (Å²) in [4.78, 5) is 2.14. The van der Waals surface area contributed by atoms with Gasteiger partial charge < -0.3 is 10.6 Å². The molecule has 7 aromatic carbocycles. The Morgan fingerprint density at radius 3 is 1.29 bits per heavy atom. The third-order valence-electron chi connectivity index (χ3n) is 8.05. The highest BCUT2D eigenvalue weighted by Crippen LogP contribution is 2.44. The molecule has 0 amide bonds. The molecule has 0 saturated heterocycles. The van der Waals surface area contributed by atoms with Gasteiger partial charge in [0.1, 0.15) is 0 Å². The number of nitrogen functional groups attached to an aromatic ring is 1. The molecule has 0 aliphatic carbocycles. The van der Waals surface area contributed by atoms with Gasteiger partial charge in [0.15, 0.2) is 0 Å². The number of hydrogen-bond acceptors (Lipinski definition) is 2. The van der Waals surface area contributed by atoms with Crippen LogP contribution in [0.25, 0.3) is 54.9 Å². The summed E-state index contributed by atoms with van der Waals surface area (Å²) in [5, 5.41) is 5.02. The molecule has 0 spiro atoms. The van der Waals surface area contributed by atoms with Crippen LogP contribution in [0.15, 0.2) is 152 Å². The van der Waals surface area contributed by atoms with Crippen molar-refractivity contribution in [2.45, 2.75) is 0 Å². The predicted octanol–water partition coefficient (Wildman–Crippen LogP) is 10.3. The van der Waals surface area contributed by atoms with Gasteiger partial charge >= 0.3 is 0 Å². The van der Waals surface area contributed by atoms with E-state index in [0.29, 0.717) is 0 Å². The Morgan fingerprint density at radius 2 is 0.780 bits per heavy atom. The summed E-state index contributed by atoms with van der Waals surface area (Å²) in [6.07, 6.45) is 0. The lowest BCUT2D eigenvalue weighted by atomic mass is 9.85. The topological polar surface area (TPSA) is 29.3 Å². The summed E-state index contributed by atoms with van der Waals surface area (Å²) in [6, 6.07) is 53.9. The van der Waals surface area contributed by atoms with E-state index in [0.717, 1.165) is 17.1 Å². The second-order valence-corrected chi connectivity index (χ2v) is 10.4. The van der Waals surface area contributed by atoms with Gasteiger partial charge in [0.25, 0.3) is 0 Å². The maximum atomic E-state index is 6.26. The van der Waals surface area contributed by atoms with Crippen LogP contribution in [0.5, 0.6) is 0 Å². The van der Waals surface area contributed by atoms with Crippen LogP contribution < -0.4 is 10.6 Å². The van der Waals surface area contributed by atoms with Crippen molar-refractivity contribution in [1.82, 2.24) is 0 Å². The van der Waals surface area contributed by atoms with Gasteiger partial charge in [-0.3, -0.25) is 0 Å². The first-order chi connectivity index (χ1) is 20.2. The number of nitrogens with two attached hydrogens (primary N) is 1. The monoisotopic (exact) mass is 526 g/mol. The minimum absolute atomic E-state index is 0.767. The molecule has 0 aliphatic rings. The Hall–Kier alpha value is -5.34. The van der Waals surface area contributed by atoms with E-state index >= 15 is 0 Å². The van der Waals surface area contributed by atoms with Gasteiger partial charge in [-0.15, -0.1) is 0 Å². The summed E-state index contributed by atoms with van der Waals surface area (Å²) in [5.74, 6) is 0. The van der Waals surface area contributed by atoms with E-state index in [1.165, 1.54) is 54.9 Å². The average molecular weight is 527 g/mol. The van der Waals surface area contributed by atoms with E-state index in [1.807, 2.05) is 18.2 Å². The van der Waals surface area contributed by atoms with Crippen molar-refractivity contribution in [3.63, 3.8) is 0 Å². The van der Waals surface area contributed by atoms with Crippen LogP contribution >= 0.6 is 0 Å². The van der Waals surface area contributed by atoms with Crippen molar-refractivity contribution < 1.29 is 0 Å². The van der Waals surface area contributed by atoms with E-state index in [1.54, 1.807) is 0 Å². The van der Waals surface area contributed by atoms with Crippen molar-refractivity contribution in [2.24, 2.45) is 0 Å². The summed E-state index contributed by atoms with van der Waals surface area (Å²) in [7, 11) is 2.06. The Bertz CT molecular complexity index is 1930. The predicted molar refractivity (Wildman–Crippen MR) is 177 cm³/mol. The Morgan fingerprint density at radius 1 is 0.390 bits per heavy atom. The number of rotatable bonds is 5. The molecule has 2 N–H and O–H groups in total. The quantitative estimate of drug-likeness (QED) is 0.179. The van der Waals surface area contributed by atoms with Crippen molar-refractivity contribution in [3.8, 4) is 33.4 Å². The molecule has 0 aromatic heterocycles. The second kappa shape index (κ2) is 10.3. The fourth-order valence-electron chi connectivity index (χ4n) is 5.99. The van der Waals surface area contributed by atoms with Gasteiger partial charge in [0.2, 0.25) is 0 Å². The van der Waals surface area contributed by atoms with Crippen LogP contribution in [0.4, 0.5) is 17.1 Å². The standard InChI is InChI=1S/C39H30N2/c1-41(37-18-10-9-17-36(37)40)31-25-23-30(24-26-31)39-34-15-7-5-13-32(34)38(33-14-6-8-16-35(33)39)29-21-19-28(20-22-29)27-11-3-2-4-12-27/h2-26H,40H2,1H3. The number of para-hydroxylation sites is 2. The smallest absolute Gasteiger partial charge is 0.0641 e. The molecule has 0 fully saturated rings. The van der Waals surface area contributed by atoms with Gasteiger partial charge in [-0.1, -0.05) is 127 Å². The largest absolute Gasteiger partial charge is 0.397 e. The molecular weight excluding hydrogens is 496 g/mol. The van der Waals surface area contributed by atoms with E-state index in [-0.39, 0.29) is 0 Å². The minimum Gasteiger partial charge on any atom is -0.397 e. The Kier molecular flexibility index (Phi) is 6.22. The number of fused-ring (bicyclic) bond motifs is 2. The van der Waals surface area contributed by atoms with E-state index in [9.17, 15) is 0 Å². The second-order valence-electron chi connectivity index (χ2n) is 10.4. The zero-order chi connectivity index (χ0) is 27.8. The Labute approximate surface area is 240 Å². The zero-order valence-corrected chi connectivity index (χ0v) is 23.0. The molecule has 0 saturated carbocycles. The van der Waals surface area contributed by atoms with E-state index < -0.39 is 0 Å². The average Bonchev–Trinajstić information content (AvgIpc) is 3.04. The zero-order valence-electron chi connectivity index (χ0n) is 23.0. The first-order valence-electron chi connectivity index (χ1n) is 14.0. The normalized spacial score (nSPS) is 11.1. The lowest BCUT2D eigenvalue weighted by Gasteiger charge is -2.22. The SMILES string of the molecule is CN(c1ccc(-c2c3ccccc3c(-c3ccc(-c4ccccc4)cc3)c3ccccc23)cc1)c1ccccc1N. The maximum Gasteiger partial charge on any atom is 0.0641 e. The maximum absolute atomic E-state index is 6.26. The van der Waals surface area contributed by atoms with Crippen LogP contribution in [0.3, 0.4) is 0 Å². The molecule has 0 heterocycles. The summed E-state index contributed by atoms with van der Waals surface area (Å²) in [6.45, 7) is 0. The number of nitrogens with zero attached hydrogens (tertiary/aromatic N) is 1. The van der Waals surface area contributed by atoms with Crippen LogP contribution in [-0.4, -0.2) is 7.05 Å². The van der Waals surface area contributed by atoms with Crippen molar-refractivity contribution in [2.75, 3.05) is 17.7 Å². The van der Waals surface area contributed by atoms with Crippen LogP contribution in [0.1, 0.15) is 0 Å². The molecule has 2 heteroatoms. The molecule has 0 bridgehead atoms. The van der Waals surface area contributed by atoms with E-state index in [4.69, 9.17) is 5.73 Å². The van der Waals surface area contributed by atoms with Crippen molar-refractivity contribution >= 4 is 38.6 Å². The third-order valence-corrected chi connectivity index (χ3v) is 8.05. The highest BCUT2D eigenvalue weighted by Gasteiger charge is 2.17. The lowest BCUT2D eigenvalue weighted by Crippen LogP contribution is -2.11. The van der Waals surface area contributed by atoms with Gasteiger partial charge in [0, 0.05) is 12.7 Å². The molecule has 7 rings (SSSR count). The minimum atomic E-state index is 0.767.